The van der Waals surface area contributed by atoms with Gasteiger partial charge in [-0.15, -0.1) is 0 Å². The lowest BCUT2D eigenvalue weighted by molar-refractivity contribution is 0.0696. The predicted molar refractivity (Wildman–Crippen MR) is 77.4 cm³/mol. The topological polar surface area (TPSA) is 95.1 Å². The van der Waals surface area contributed by atoms with Gasteiger partial charge in [0.15, 0.2) is 0 Å². The molecule has 0 spiro atoms. The number of nitrogens with one attached hydrogen (secondary N) is 2. The van der Waals surface area contributed by atoms with Crippen molar-refractivity contribution in [3.8, 4) is 0 Å². The van der Waals surface area contributed by atoms with Gasteiger partial charge in [-0.1, -0.05) is 12.1 Å². The van der Waals surface area contributed by atoms with E-state index in [9.17, 15) is 9.59 Å². The molecule has 0 saturated carbocycles. The number of carboxylic acids is 1. The average molecular weight is 281 g/mol. The maximum Gasteiger partial charge on any atom is 0.335 e. The summed E-state index contributed by atoms with van der Waals surface area (Å²) in [6.45, 7) is 0. The van der Waals surface area contributed by atoms with Crippen molar-refractivity contribution < 1.29 is 14.7 Å². The van der Waals surface area contributed by atoms with Crippen LogP contribution in [-0.4, -0.2) is 27.0 Å². The molecule has 0 radical (unpaired) electrons. The van der Waals surface area contributed by atoms with Gasteiger partial charge in [-0.25, -0.2) is 9.78 Å². The molecule has 21 heavy (non-hydrogen) atoms. The first kappa shape index (κ1) is 12.9. The van der Waals surface area contributed by atoms with Crippen molar-refractivity contribution in [2.24, 2.45) is 0 Å². The van der Waals surface area contributed by atoms with Gasteiger partial charge in [0.05, 0.1) is 16.6 Å². The number of H-pyrrole nitrogens is 1. The predicted octanol–water partition coefficient (Wildman–Crippen LogP) is 2.51. The fraction of sp³-hybridized carbons (Fsp3) is 0. The Labute approximate surface area is 119 Å². The van der Waals surface area contributed by atoms with Crippen LogP contribution in [0.25, 0.3) is 10.9 Å². The maximum absolute atomic E-state index is 12.3. The van der Waals surface area contributed by atoms with Crippen LogP contribution >= 0.6 is 0 Å². The molecule has 2 aromatic heterocycles. The molecule has 6 nitrogen and oxygen atoms in total. The van der Waals surface area contributed by atoms with Crippen molar-refractivity contribution in [1.29, 1.82) is 0 Å². The van der Waals surface area contributed by atoms with Crippen LogP contribution in [0, 0.1) is 0 Å². The summed E-state index contributed by atoms with van der Waals surface area (Å²) in [4.78, 5) is 30.2. The van der Waals surface area contributed by atoms with Crippen LogP contribution in [0.3, 0.4) is 0 Å². The number of carboxylic acid groups (broad SMARTS) is 1. The Morgan fingerprint density at radius 2 is 2.05 bits per heavy atom. The van der Waals surface area contributed by atoms with Crippen LogP contribution in [0.4, 0.5) is 5.82 Å². The van der Waals surface area contributed by atoms with E-state index < -0.39 is 5.97 Å². The first-order valence-electron chi connectivity index (χ1n) is 6.22. The van der Waals surface area contributed by atoms with Gasteiger partial charge >= 0.3 is 5.97 Å². The summed E-state index contributed by atoms with van der Waals surface area (Å²) in [5, 5.41) is 12.5. The fourth-order valence-corrected chi connectivity index (χ4v) is 2.09. The number of pyridine rings is 1. The molecular formula is C15H11N3O3. The highest BCUT2D eigenvalue weighted by Gasteiger charge is 2.12. The van der Waals surface area contributed by atoms with Crippen LogP contribution in [-0.2, 0) is 0 Å². The lowest BCUT2D eigenvalue weighted by atomic mass is 10.1. The molecule has 0 aliphatic heterocycles. The van der Waals surface area contributed by atoms with Gasteiger partial charge in [0.1, 0.15) is 5.82 Å². The van der Waals surface area contributed by atoms with Gasteiger partial charge in [0, 0.05) is 17.8 Å². The van der Waals surface area contributed by atoms with Gasteiger partial charge < -0.3 is 15.4 Å². The number of rotatable bonds is 3. The van der Waals surface area contributed by atoms with E-state index in [-0.39, 0.29) is 17.3 Å². The number of carbonyl (C=O) groups excluding carboxylic acids is 1. The molecule has 0 saturated heterocycles. The van der Waals surface area contributed by atoms with Gasteiger partial charge in [-0.05, 0) is 24.3 Å². The number of fused-ring (bicyclic) bond motifs is 1. The molecule has 0 aliphatic rings. The number of anilines is 1. The van der Waals surface area contributed by atoms with Crippen LogP contribution in [0.5, 0.6) is 0 Å². The number of hydrogen-bond acceptors (Lipinski definition) is 3. The van der Waals surface area contributed by atoms with Crippen LogP contribution in [0.2, 0.25) is 0 Å². The number of hydrogen-bond donors (Lipinski definition) is 3. The van der Waals surface area contributed by atoms with Crippen LogP contribution in [0.1, 0.15) is 20.7 Å². The molecule has 1 amide bonds. The van der Waals surface area contributed by atoms with E-state index in [0.717, 1.165) is 10.9 Å². The molecule has 1 aromatic carbocycles. The maximum atomic E-state index is 12.3. The Balaban J connectivity index is 1.91. The zero-order chi connectivity index (χ0) is 14.8. The highest BCUT2D eigenvalue weighted by atomic mass is 16.4. The molecule has 0 bridgehead atoms. The van der Waals surface area contributed by atoms with E-state index in [2.05, 4.69) is 15.3 Å². The second kappa shape index (κ2) is 5.09. The molecule has 0 unspecified atom stereocenters. The SMILES string of the molecule is O=C(O)c1ccnc(NC(=O)c2cccc3cc[nH]c23)c1. The third-order valence-corrected chi connectivity index (χ3v) is 3.08. The number of amides is 1. The lowest BCUT2D eigenvalue weighted by Gasteiger charge is -2.06. The molecule has 3 N–H and O–H groups in total. The molecule has 3 aromatic rings. The second-order valence-electron chi connectivity index (χ2n) is 4.44. The minimum Gasteiger partial charge on any atom is -0.478 e. The summed E-state index contributed by atoms with van der Waals surface area (Å²) in [5.41, 5.74) is 1.27. The number of nitrogens with zero attached hydrogens (tertiary/aromatic N) is 1. The van der Waals surface area contributed by atoms with Gasteiger partial charge in [-0.3, -0.25) is 4.79 Å². The molecule has 0 aliphatic carbocycles. The van der Waals surface area contributed by atoms with Crippen molar-refractivity contribution in [2.45, 2.75) is 0 Å². The Kier molecular flexibility index (Phi) is 3.12. The summed E-state index contributed by atoms with van der Waals surface area (Å²) < 4.78 is 0. The van der Waals surface area contributed by atoms with Gasteiger partial charge in [0.25, 0.3) is 5.91 Å². The fourth-order valence-electron chi connectivity index (χ4n) is 2.09. The monoisotopic (exact) mass is 281 g/mol. The van der Waals surface area contributed by atoms with Crippen molar-refractivity contribution in [2.75, 3.05) is 5.32 Å². The van der Waals surface area contributed by atoms with E-state index in [1.807, 2.05) is 12.1 Å². The number of aromatic nitrogens is 2. The van der Waals surface area contributed by atoms with E-state index in [1.165, 1.54) is 18.3 Å². The third kappa shape index (κ3) is 2.46. The van der Waals surface area contributed by atoms with Crippen molar-refractivity contribution in [3.63, 3.8) is 0 Å². The van der Waals surface area contributed by atoms with E-state index in [0.29, 0.717) is 5.56 Å². The molecule has 104 valence electrons. The molecule has 0 atom stereocenters. The van der Waals surface area contributed by atoms with Crippen molar-refractivity contribution >= 4 is 28.6 Å². The Bertz CT molecular complexity index is 839. The summed E-state index contributed by atoms with van der Waals surface area (Å²) in [5.74, 6) is -1.22. The Morgan fingerprint density at radius 1 is 1.19 bits per heavy atom. The summed E-state index contributed by atoms with van der Waals surface area (Å²) >= 11 is 0. The van der Waals surface area contributed by atoms with Crippen LogP contribution < -0.4 is 5.32 Å². The van der Waals surface area contributed by atoms with Gasteiger partial charge in [-0.2, -0.15) is 0 Å². The van der Waals surface area contributed by atoms with Crippen LogP contribution in [0.15, 0.2) is 48.8 Å². The average Bonchev–Trinajstić information content (AvgIpc) is 2.95. The quantitative estimate of drug-likeness (QED) is 0.687. The third-order valence-electron chi connectivity index (χ3n) is 3.08. The van der Waals surface area contributed by atoms with Crippen molar-refractivity contribution in [3.05, 3.63) is 59.9 Å². The molecule has 2 heterocycles. The Morgan fingerprint density at radius 3 is 2.86 bits per heavy atom. The summed E-state index contributed by atoms with van der Waals surface area (Å²) in [6, 6.07) is 9.92. The molecule has 6 heteroatoms. The zero-order valence-corrected chi connectivity index (χ0v) is 10.8. The van der Waals surface area contributed by atoms with E-state index in [4.69, 9.17) is 5.11 Å². The summed E-state index contributed by atoms with van der Waals surface area (Å²) in [6.07, 6.45) is 3.10. The second-order valence-corrected chi connectivity index (χ2v) is 4.44. The van der Waals surface area contributed by atoms with E-state index >= 15 is 0 Å². The van der Waals surface area contributed by atoms with E-state index in [1.54, 1.807) is 18.3 Å². The largest absolute Gasteiger partial charge is 0.478 e. The highest BCUT2D eigenvalue weighted by Crippen LogP contribution is 2.18. The zero-order valence-electron chi connectivity index (χ0n) is 10.8. The normalized spacial score (nSPS) is 10.5. The molecular weight excluding hydrogens is 270 g/mol. The molecule has 3 rings (SSSR count). The standard InChI is InChI=1S/C15H11N3O3/c19-14(11-3-1-2-9-4-7-17-13(9)11)18-12-8-10(15(20)21)5-6-16-12/h1-8,17H,(H,20,21)(H,16,18,19). The Hall–Kier alpha value is -3.15. The summed E-state index contributed by atoms with van der Waals surface area (Å²) in [7, 11) is 0. The highest BCUT2D eigenvalue weighted by molar-refractivity contribution is 6.11. The number of para-hydroxylation sites is 1. The molecule has 0 fully saturated rings. The van der Waals surface area contributed by atoms with Gasteiger partial charge in [0.2, 0.25) is 0 Å². The number of aromatic carboxylic acids is 1. The van der Waals surface area contributed by atoms with Crippen molar-refractivity contribution in [1.82, 2.24) is 9.97 Å². The number of aromatic amines is 1. The lowest BCUT2D eigenvalue weighted by Crippen LogP contribution is -2.14. The minimum absolute atomic E-state index is 0.0679. The number of benzene rings is 1. The first-order valence-corrected chi connectivity index (χ1v) is 6.22. The first-order chi connectivity index (χ1) is 10.1. The smallest absolute Gasteiger partial charge is 0.335 e. The minimum atomic E-state index is -1.07. The number of carbonyl (C=O) groups is 2.